The summed E-state index contributed by atoms with van der Waals surface area (Å²) in [4.78, 5) is 6.68. The van der Waals surface area contributed by atoms with Crippen molar-refractivity contribution in [1.82, 2.24) is 39.8 Å². The Bertz CT molecular complexity index is 1350. The SMILES string of the molecule is CCc1cc(N(C)c2ccc(-n3c(Cl)cc(Cl)c3-c3nn[nH]n3)cc2)n2nccc2n1. The summed E-state index contributed by atoms with van der Waals surface area (Å²) in [6, 6.07) is 13.5. The first-order valence-electron chi connectivity index (χ1n) is 9.55. The number of aromatic nitrogens is 8. The molecule has 5 aromatic rings. The first kappa shape index (κ1) is 19.5. The van der Waals surface area contributed by atoms with E-state index in [0.717, 1.165) is 35.0 Å². The van der Waals surface area contributed by atoms with E-state index in [2.05, 4.69) is 42.5 Å². The minimum absolute atomic E-state index is 0.364. The summed E-state index contributed by atoms with van der Waals surface area (Å²) in [7, 11) is 2.00. The van der Waals surface area contributed by atoms with E-state index in [1.165, 1.54) is 0 Å². The molecule has 0 atom stereocenters. The van der Waals surface area contributed by atoms with E-state index in [9.17, 15) is 0 Å². The van der Waals surface area contributed by atoms with Crippen LogP contribution in [0.5, 0.6) is 0 Å². The molecular weight excluding hydrogens is 437 g/mol. The lowest BCUT2D eigenvalue weighted by atomic mass is 10.2. The molecule has 0 aliphatic carbocycles. The Morgan fingerprint density at radius 1 is 1.10 bits per heavy atom. The molecule has 156 valence electrons. The van der Waals surface area contributed by atoms with Crippen LogP contribution in [0.3, 0.4) is 0 Å². The highest BCUT2D eigenvalue weighted by atomic mass is 35.5. The molecule has 5 rings (SSSR count). The Morgan fingerprint density at radius 2 is 1.90 bits per heavy atom. The van der Waals surface area contributed by atoms with Crippen LogP contribution in [0.1, 0.15) is 12.6 Å². The van der Waals surface area contributed by atoms with Gasteiger partial charge in [0.25, 0.3) is 0 Å². The predicted octanol–water partition coefficient (Wildman–Crippen LogP) is 4.34. The summed E-state index contributed by atoms with van der Waals surface area (Å²) in [5.41, 5.74) is 4.19. The molecule has 0 fully saturated rings. The minimum atomic E-state index is 0.364. The van der Waals surface area contributed by atoms with Gasteiger partial charge in [-0.15, -0.1) is 10.2 Å². The third-order valence-corrected chi connectivity index (χ3v) is 5.63. The maximum absolute atomic E-state index is 6.45. The Balaban J connectivity index is 1.55. The molecule has 0 spiro atoms. The van der Waals surface area contributed by atoms with Crippen LogP contribution in [-0.2, 0) is 6.42 Å². The third kappa shape index (κ3) is 3.31. The summed E-state index contributed by atoms with van der Waals surface area (Å²) < 4.78 is 3.61. The Kier molecular flexibility index (Phi) is 4.84. The second-order valence-corrected chi connectivity index (χ2v) is 7.66. The summed E-state index contributed by atoms with van der Waals surface area (Å²) in [5.74, 6) is 1.29. The molecule has 0 bridgehead atoms. The molecule has 4 aromatic heterocycles. The Morgan fingerprint density at radius 3 is 2.61 bits per heavy atom. The van der Waals surface area contributed by atoms with Gasteiger partial charge in [-0.25, -0.2) is 4.98 Å². The number of fused-ring (bicyclic) bond motifs is 1. The number of rotatable bonds is 5. The monoisotopic (exact) mass is 453 g/mol. The molecular formula is C20H17Cl2N9. The molecule has 0 aliphatic heterocycles. The lowest BCUT2D eigenvalue weighted by Gasteiger charge is -2.21. The molecule has 11 heteroatoms. The number of hydrogen-bond donors (Lipinski definition) is 1. The van der Waals surface area contributed by atoms with E-state index in [1.807, 2.05) is 48.0 Å². The van der Waals surface area contributed by atoms with E-state index in [0.29, 0.717) is 21.7 Å². The van der Waals surface area contributed by atoms with Gasteiger partial charge in [0.2, 0.25) is 5.82 Å². The van der Waals surface area contributed by atoms with E-state index in [1.54, 1.807) is 16.8 Å². The zero-order chi connectivity index (χ0) is 21.5. The molecule has 1 N–H and O–H groups in total. The number of tetrazole rings is 1. The molecule has 0 saturated heterocycles. The second kappa shape index (κ2) is 7.68. The number of H-pyrrole nitrogens is 1. The van der Waals surface area contributed by atoms with Crippen molar-refractivity contribution in [2.24, 2.45) is 0 Å². The molecule has 9 nitrogen and oxygen atoms in total. The van der Waals surface area contributed by atoms with Gasteiger partial charge in [0.1, 0.15) is 16.7 Å². The topological polar surface area (TPSA) is 92.8 Å². The van der Waals surface area contributed by atoms with Gasteiger partial charge in [-0.05, 0) is 42.0 Å². The van der Waals surface area contributed by atoms with Crippen LogP contribution in [0.25, 0.3) is 22.9 Å². The van der Waals surface area contributed by atoms with E-state index in [4.69, 9.17) is 23.2 Å². The van der Waals surface area contributed by atoms with Crippen molar-refractivity contribution >= 4 is 40.4 Å². The van der Waals surface area contributed by atoms with Gasteiger partial charge in [0, 0.05) is 36.2 Å². The lowest BCUT2D eigenvalue weighted by molar-refractivity contribution is 0.881. The fraction of sp³-hybridized carbons (Fsp3) is 0.150. The first-order chi connectivity index (χ1) is 15.1. The number of nitrogens with zero attached hydrogens (tertiary/aromatic N) is 8. The smallest absolute Gasteiger partial charge is 0.222 e. The van der Waals surface area contributed by atoms with Gasteiger partial charge in [-0.3, -0.25) is 4.57 Å². The summed E-state index contributed by atoms with van der Waals surface area (Å²) in [6.45, 7) is 2.08. The van der Waals surface area contributed by atoms with Gasteiger partial charge >= 0.3 is 0 Å². The molecule has 0 aliphatic rings. The van der Waals surface area contributed by atoms with E-state index in [-0.39, 0.29) is 0 Å². The molecule has 0 unspecified atom stereocenters. The standard InChI is InChI=1S/C20H17Cl2N9/c1-3-12-10-18(31-17(24-12)8-9-23-31)29(2)13-4-6-14(7-5-13)30-16(22)11-15(21)19(30)20-25-27-28-26-20/h4-11H,3H2,1-2H3,(H,25,26,27,28). The predicted molar refractivity (Wildman–Crippen MR) is 119 cm³/mol. The number of aromatic amines is 1. The second-order valence-electron chi connectivity index (χ2n) is 6.87. The number of benzene rings is 1. The quantitative estimate of drug-likeness (QED) is 0.425. The first-order valence-corrected chi connectivity index (χ1v) is 10.3. The van der Waals surface area contributed by atoms with Gasteiger partial charge < -0.3 is 4.90 Å². The van der Waals surface area contributed by atoms with Crippen LogP contribution in [0.15, 0.2) is 48.7 Å². The fourth-order valence-electron chi connectivity index (χ4n) is 3.50. The zero-order valence-electron chi connectivity index (χ0n) is 16.7. The van der Waals surface area contributed by atoms with Gasteiger partial charge in [0.15, 0.2) is 5.65 Å². The number of hydrogen-bond acceptors (Lipinski definition) is 6. The van der Waals surface area contributed by atoms with Crippen molar-refractivity contribution in [3.05, 3.63) is 64.5 Å². The highest BCUT2D eigenvalue weighted by Gasteiger charge is 2.20. The number of anilines is 2. The van der Waals surface area contributed by atoms with Gasteiger partial charge in [-0.1, -0.05) is 30.1 Å². The molecule has 4 heterocycles. The minimum Gasteiger partial charge on any atom is -0.329 e. The largest absolute Gasteiger partial charge is 0.329 e. The molecule has 0 saturated carbocycles. The van der Waals surface area contributed by atoms with Gasteiger partial charge in [-0.2, -0.15) is 14.8 Å². The summed E-state index contributed by atoms with van der Waals surface area (Å²) in [5, 5.41) is 19.4. The van der Waals surface area contributed by atoms with Crippen LogP contribution >= 0.6 is 23.2 Å². The number of nitrogens with one attached hydrogen (secondary N) is 1. The fourth-order valence-corrected chi connectivity index (χ4v) is 4.12. The lowest BCUT2D eigenvalue weighted by Crippen LogP contribution is -2.15. The number of halogens is 2. The van der Waals surface area contributed by atoms with Crippen molar-refractivity contribution in [3.63, 3.8) is 0 Å². The molecule has 0 amide bonds. The number of aryl methyl sites for hydroxylation is 1. The summed E-state index contributed by atoms with van der Waals surface area (Å²) >= 11 is 12.8. The molecule has 31 heavy (non-hydrogen) atoms. The van der Waals surface area contributed by atoms with Crippen molar-refractivity contribution in [2.75, 3.05) is 11.9 Å². The average molecular weight is 454 g/mol. The maximum Gasteiger partial charge on any atom is 0.222 e. The van der Waals surface area contributed by atoms with Crippen molar-refractivity contribution in [1.29, 1.82) is 0 Å². The van der Waals surface area contributed by atoms with Crippen LogP contribution in [0.4, 0.5) is 11.5 Å². The van der Waals surface area contributed by atoms with Crippen LogP contribution in [0, 0.1) is 0 Å². The summed E-state index contributed by atoms with van der Waals surface area (Å²) in [6.07, 6.45) is 2.59. The van der Waals surface area contributed by atoms with Crippen LogP contribution in [-0.4, -0.2) is 46.8 Å². The van der Waals surface area contributed by atoms with Crippen molar-refractivity contribution in [2.45, 2.75) is 13.3 Å². The van der Waals surface area contributed by atoms with Crippen LogP contribution in [0.2, 0.25) is 10.2 Å². The van der Waals surface area contributed by atoms with Crippen LogP contribution < -0.4 is 4.90 Å². The average Bonchev–Trinajstić information content (AvgIpc) is 3.52. The third-order valence-electron chi connectivity index (χ3n) is 5.06. The van der Waals surface area contributed by atoms with Crippen molar-refractivity contribution in [3.8, 4) is 17.2 Å². The highest BCUT2D eigenvalue weighted by Crippen LogP contribution is 2.35. The van der Waals surface area contributed by atoms with E-state index < -0.39 is 0 Å². The Hall–Kier alpha value is -3.43. The Labute approximate surface area is 187 Å². The normalized spacial score (nSPS) is 11.4. The molecule has 1 aromatic carbocycles. The van der Waals surface area contributed by atoms with Crippen molar-refractivity contribution < 1.29 is 0 Å². The zero-order valence-corrected chi connectivity index (χ0v) is 18.2. The van der Waals surface area contributed by atoms with E-state index >= 15 is 0 Å². The maximum atomic E-state index is 6.45. The van der Waals surface area contributed by atoms with Gasteiger partial charge in [0.05, 0.1) is 11.2 Å². The molecule has 0 radical (unpaired) electrons. The highest BCUT2D eigenvalue weighted by molar-refractivity contribution is 6.36.